The number of methoxy groups -OCH3 is 2. The highest BCUT2D eigenvalue weighted by molar-refractivity contribution is 5.76. The Morgan fingerprint density at radius 1 is 1.00 bits per heavy atom. The van der Waals surface area contributed by atoms with Crippen molar-refractivity contribution in [1.29, 1.82) is 0 Å². The van der Waals surface area contributed by atoms with E-state index in [1.807, 2.05) is 18.2 Å². The number of halogens is 1. The number of nitrogens with one attached hydrogen (secondary N) is 2. The van der Waals surface area contributed by atoms with Crippen molar-refractivity contribution in [2.24, 2.45) is 0 Å². The zero-order valence-electron chi connectivity index (χ0n) is 14.5. The van der Waals surface area contributed by atoms with Gasteiger partial charge < -0.3 is 20.1 Å². The highest BCUT2D eigenvalue weighted by atomic mass is 19.1. The molecule has 0 fully saturated rings. The molecule has 0 aliphatic rings. The van der Waals surface area contributed by atoms with Gasteiger partial charge in [-0.05, 0) is 36.2 Å². The highest BCUT2D eigenvalue weighted by Crippen LogP contribution is 2.29. The Hall–Kier alpha value is -2.76. The molecule has 2 rings (SSSR count). The molecule has 2 N–H and O–H groups in total. The van der Waals surface area contributed by atoms with Crippen LogP contribution < -0.4 is 20.1 Å². The van der Waals surface area contributed by atoms with Crippen molar-refractivity contribution < 1.29 is 18.7 Å². The smallest absolute Gasteiger partial charge is 0.221 e. The Balaban J connectivity index is 1.69. The van der Waals surface area contributed by atoms with E-state index in [0.29, 0.717) is 37.4 Å². The van der Waals surface area contributed by atoms with Gasteiger partial charge in [-0.25, -0.2) is 4.39 Å². The molecular weight excluding hydrogens is 323 g/mol. The van der Waals surface area contributed by atoms with Crippen LogP contribution in [0, 0.1) is 5.82 Å². The number of benzene rings is 2. The second kappa shape index (κ2) is 9.52. The van der Waals surface area contributed by atoms with Crippen molar-refractivity contribution >= 4 is 11.6 Å². The number of hydrogen-bond acceptors (Lipinski definition) is 4. The first-order valence-corrected chi connectivity index (χ1v) is 8.09. The lowest BCUT2D eigenvalue weighted by molar-refractivity contribution is -0.120. The fourth-order valence-corrected chi connectivity index (χ4v) is 2.35. The van der Waals surface area contributed by atoms with Crippen LogP contribution in [-0.2, 0) is 11.2 Å². The molecule has 0 spiro atoms. The van der Waals surface area contributed by atoms with Gasteiger partial charge in [0.25, 0.3) is 0 Å². The van der Waals surface area contributed by atoms with E-state index in [2.05, 4.69) is 10.6 Å². The molecule has 0 unspecified atom stereocenters. The van der Waals surface area contributed by atoms with Crippen molar-refractivity contribution in [3.05, 3.63) is 53.8 Å². The lowest BCUT2D eigenvalue weighted by Crippen LogP contribution is -2.27. The monoisotopic (exact) mass is 346 g/mol. The largest absolute Gasteiger partial charge is 0.493 e. The van der Waals surface area contributed by atoms with Gasteiger partial charge in [-0.2, -0.15) is 0 Å². The van der Waals surface area contributed by atoms with Crippen LogP contribution in [-0.4, -0.2) is 33.2 Å². The van der Waals surface area contributed by atoms with E-state index in [-0.39, 0.29) is 11.7 Å². The van der Waals surface area contributed by atoms with Crippen LogP contribution in [0.25, 0.3) is 0 Å². The van der Waals surface area contributed by atoms with E-state index >= 15 is 0 Å². The summed E-state index contributed by atoms with van der Waals surface area (Å²) in [5, 5.41) is 6.03. The van der Waals surface area contributed by atoms with Crippen molar-refractivity contribution in [2.45, 2.75) is 12.8 Å². The SMILES string of the molecule is COc1ccc(NCCC(=O)NCCc2ccc(F)cc2)cc1OC. The minimum absolute atomic E-state index is 0.0323. The van der Waals surface area contributed by atoms with Crippen LogP contribution in [0.4, 0.5) is 10.1 Å². The van der Waals surface area contributed by atoms with E-state index in [1.54, 1.807) is 26.4 Å². The molecule has 0 atom stereocenters. The number of ether oxygens (including phenoxy) is 2. The number of anilines is 1. The van der Waals surface area contributed by atoms with Crippen LogP contribution in [0.3, 0.4) is 0 Å². The summed E-state index contributed by atoms with van der Waals surface area (Å²) in [6.07, 6.45) is 1.03. The molecule has 0 aromatic heterocycles. The fraction of sp³-hybridized carbons (Fsp3) is 0.316. The Morgan fingerprint density at radius 3 is 2.40 bits per heavy atom. The third-order valence-electron chi connectivity index (χ3n) is 3.71. The first-order valence-electron chi connectivity index (χ1n) is 8.09. The van der Waals surface area contributed by atoms with Crippen LogP contribution in [0.15, 0.2) is 42.5 Å². The Bertz CT molecular complexity index is 690. The lowest BCUT2D eigenvalue weighted by atomic mass is 10.1. The highest BCUT2D eigenvalue weighted by Gasteiger charge is 2.05. The molecule has 0 saturated heterocycles. The van der Waals surface area contributed by atoms with E-state index in [1.165, 1.54) is 12.1 Å². The van der Waals surface area contributed by atoms with E-state index in [0.717, 1.165) is 11.3 Å². The molecule has 6 heteroatoms. The summed E-state index contributed by atoms with van der Waals surface area (Å²) < 4.78 is 23.2. The van der Waals surface area contributed by atoms with Crippen LogP contribution >= 0.6 is 0 Å². The topological polar surface area (TPSA) is 59.6 Å². The van der Waals surface area contributed by atoms with Gasteiger partial charge in [0.2, 0.25) is 5.91 Å². The Kier molecular flexibility index (Phi) is 7.07. The predicted octanol–water partition coefficient (Wildman–Crippen LogP) is 3.00. The summed E-state index contributed by atoms with van der Waals surface area (Å²) in [6.45, 7) is 1.04. The normalized spacial score (nSPS) is 10.2. The summed E-state index contributed by atoms with van der Waals surface area (Å²) in [7, 11) is 3.16. The maximum absolute atomic E-state index is 12.8. The molecule has 134 valence electrons. The standard InChI is InChI=1S/C19H23FN2O3/c1-24-17-8-7-16(13-18(17)25-2)21-12-10-19(23)22-11-9-14-3-5-15(20)6-4-14/h3-8,13,21H,9-12H2,1-2H3,(H,22,23). The summed E-state index contributed by atoms with van der Waals surface area (Å²) in [5.41, 5.74) is 1.85. The zero-order chi connectivity index (χ0) is 18.1. The van der Waals surface area contributed by atoms with Gasteiger partial charge in [0.1, 0.15) is 5.82 Å². The predicted molar refractivity (Wildman–Crippen MR) is 95.8 cm³/mol. The lowest BCUT2D eigenvalue weighted by Gasteiger charge is -2.11. The number of carbonyl (C=O) groups excluding carboxylic acids is 1. The molecule has 5 nitrogen and oxygen atoms in total. The molecule has 0 aliphatic heterocycles. The van der Waals surface area contributed by atoms with Crippen molar-refractivity contribution in [3.8, 4) is 11.5 Å². The number of amides is 1. The third kappa shape index (κ3) is 5.99. The van der Waals surface area contributed by atoms with Gasteiger partial charge in [0.15, 0.2) is 11.5 Å². The van der Waals surface area contributed by atoms with Gasteiger partial charge in [-0.1, -0.05) is 12.1 Å². The molecule has 0 radical (unpaired) electrons. The molecule has 1 amide bonds. The number of rotatable bonds is 9. The summed E-state index contributed by atoms with van der Waals surface area (Å²) in [5.74, 6) is 1.01. The van der Waals surface area contributed by atoms with Gasteiger partial charge in [-0.15, -0.1) is 0 Å². The van der Waals surface area contributed by atoms with Gasteiger partial charge in [0.05, 0.1) is 14.2 Å². The van der Waals surface area contributed by atoms with Crippen molar-refractivity contribution in [3.63, 3.8) is 0 Å². The average Bonchev–Trinajstić information content (AvgIpc) is 2.63. The first kappa shape index (κ1) is 18.6. The molecule has 0 bridgehead atoms. The van der Waals surface area contributed by atoms with Crippen LogP contribution in [0.1, 0.15) is 12.0 Å². The van der Waals surface area contributed by atoms with Gasteiger partial charge >= 0.3 is 0 Å². The second-order valence-corrected chi connectivity index (χ2v) is 5.47. The van der Waals surface area contributed by atoms with Crippen molar-refractivity contribution in [1.82, 2.24) is 5.32 Å². The molecule has 0 saturated carbocycles. The van der Waals surface area contributed by atoms with E-state index in [9.17, 15) is 9.18 Å². The second-order valence-electron chi connectivity index (χ2n) is 5.47. The maximum atomic E-state index is 12.8. The zero-order valence-corrected chi connectivity index (χ0v) is 14.5. The van der Waals surface area contributed by atoms with E-state index < -0.39 is 0 Å². The fourth-order valence-electron chi connectivity index (χ4n) is 2.35. The summed E-state index contributed by atoms with van der Waals surface area (Å²) in [4.78, 5) is 11.8. The van der Waals surface area contributed by atoms with Gasteiger partial charge in [0, 0.05) is 31.3 Å². The van der Waals surface area contributed by atoms with Crippen LogP contribution in [0.2, 0.25) is 0 Å². The maximum Gasteiger partial charge on any atom is 0.221 e. The molecule has 25 heavy (non-hydrogen) atoms. The first-order chi connectivity index (χ1) is 12.1. The van der Waals surface area contributed by atoms with Crippen LogP contribution in [0.5, 0.6) is 11.5 Å². The molecular formula is C19H23FN2O3. The Labute approximate surface area is 147 Å². The average molecular weight is 346 g/mol. The Morgan fingerprint density at radius 2 is 1.72 bits per heavy atom. The van der Waals surface area contributed by atoms with Crippen molar-refractivity contribution in [2.75, 3.05) is 32.6 Å². The molecule has 2 aromatic carbocycles. The minimum atomic E-state index is -0.256. The molecule has 2 aromatic rings. The number of carbonyl (C=O) groups is 1. The van der Waals surface area contributed by atoms with E-state index in [4.69, 9.17) is 9.47 Å². The van der Waals surface area contributed by atoms with Gasteiger partial charge in [-0.3, -0.25) is 4.79 Å². The molecule has 0 heterocycles. The number of hydrogen-bond donors (Lipinski definition) is 2. The quantitative estimate of drug-likeness (QED) is 0.733. The third-order valence-corrected chi connectivity index (χ3v) is 3.71. The minimum Gasteiger partial charge on any atom is -0.493 e. The molecule has 0 aliphatic carbocycles. The summed E-state index contributed by atoms with van der Waals surface area (Å²) >= 11 is 0. The summed E-state index contributed by atoms with van der Waals surface area (Å²) in [6, 6.07) is 11.8.